The highest BCUT2D eigenvalue weighted by Gasteiger charge is 2.14. The molecule has 1 atom stereocenters. The van der Waals surface area contributed by atoms with Crippen LogP contribution in [0.25, 0.3) is 0 Å². The molecule has 0 bridgehead atoms. The normalized spacial score (nSPS) is 11.8. The summed E-state index contributed by atoms with van der Waals surface area (Å²) in [6.07, 6.45) is 0. The topological polar surface area (TPSA) is 68.5 Å². The van der Waals surface area contributed by atoms with Crippen LogP contribution in [-0.2, 0) is 28.9 Å². The van der Waals surface area contributed by atoms with Crippen LogP contribution in [0.15, 0.2) is 63.5 Å². The van der Waals surface area contributed by atoms with Crippen LogP contribution in [0.1, 0.15) is 27.4 Å². The van der Waals surface area contributed by atoms with Gasteiger partial charge in [-0.2, -0.15) is 0 Å². The molecule has 3 aromatic rings. The Bertz CT molecular complexity index is 1040. The molecule has 0 fully saturated rings. The van der Waals surface area contributed by atoms with Crippen molar-refractivity contribution < 1.29 is 18.2 Å². The predicted molar refractivity (Wildman–Crippen MR) is 118 cm³/mol. The maximum Gasteiger partial charge on any atom is 0.287 e. The molecule has 3 rings (SSSR count). The summed E-state index contributed by atoms with van der Waals surface area (Å²) in [5.41, 5.74) is 1.73. The second-order valence-corrected chi connectivity index (χ2v) is 9.07. The van der Waals surface area contributed by atoms with E-state index >= 15 is 0 Å². The van der Waals surface area contributed by atoms with Gasteiger partial charge in [-0.25, -0.2) is 0 Å². The van der Waals surface area contributed by atoms with Crippen molar-refractivity contribution in [3.63, 3.8) is 0 Å². The minimum Gasteiger partial charge on any atom is -0.496 e. The van der Waals surface area contributed by atoms with Crippen LogP contribution in [0.3, 0.4) is 0 Å². The molecular weight excluding hydrogens is 478 g/mol. The van der Waals surface area contributed by atoms with Crippen molar-refractivity contribution in [1.82, 2.24) is 5.32 Å². The van der Waals surface area contributed by atoms with Crippen molar-refractivity contribution in [2.75, 3.05) is 7.11 Å². The summed E-state index contributed by atoms with van der Waals surface area (Å²) < 4.78 is 24.1. The zero-order chi connectivity index (χ0) is 20.8. The standard InChI is InChI=1S/C21H19BrClNO4S/c1-27-19-7-5-16(22)10-15(19)11-24-21(25)20-8-6-18(28-20)13-29(26)12-14-3-2-4-17(23)9-14/h2-10H,11-13H2,1H3,(H,24,25)/t29-/m0/s1. The average molecular weight is 497 g/mol. The van der Waals surface area contributed by atoms with E-state index < -0.39 is 10.8 Å². The molecule has 2 aromatic carbocycles. The van der Waals surface area contributed by atoms with Gasteiger partial charge < -0.3 is 14.5 Å². The van der Waals surface area contributed by atoms with Crippen molar-refractivity contribution in [1.29, 1.82) is 0 Å². The Morgan fingerprint density at radius 1 is 1.17 bits per heavy atom. The third-order valence-corrected chi connectivity index (χ3v) is 6.08. The summed E-state index contributed by atoms with van der Waals surface area (Å²) in [4.78, 5) is 12.4. The quantitative estimate of drug-likeness (QED) is 0.472. The first-order valence-corrected chi connectivity index (χ1v) is 11.4. The fraction of sp³-hybridized carbons (Fsp3) is 0.190. The molecule has 0 aliphatic heterocycles. The first-order valence-electron chi connectivity index (χ1n) is 8.73. The van der Waals surface area contributed by atoms with E-state index in [-0.39, 0.29) is 24.0 Å². The Balaban J connectivity index is 1.57. The largest absolute Gasteiger partial charge is 0.496 e. The predicted octanol–water partition coefficient (Wildman–Crippen LogP) is 5.08. The Kier molecular flexibility index (Phi) is 7.52. The van der Waals surface area contributed by atoms with Gasteiger partial charge in [0.1, 0.15) is 11.5 Å². The zero-order valence-corrected chi connectivity index (χ0v) is 18.8. The third kappa shape index (κ3) is 6.19. The number of furan rings is 1. The molecule has 1 aromatic heterocycles. The summed E-state index contributed by atoms with van der Waals surface area (Å²) in [5.74, 6) is 1.60. The van der Waals surface area contributed by atoms with E-state index in [0.29, 0.717) is 22.3 Å². The molecule has 0 aliphatic rings. The molecule has 1 amide bonds. The molecule has 0 saturated heterocycles. The molecule has 0 unspecified atom stereocenters. The molecule has 1 heterocycles. The van der Waals surface area contributed by atoms with Gasteiger partial charge in [0.2, 0.25) is 0 Å². The van der Waals surface area contributed by atoms with Gasteiger partial charge in [-0.3, -0.25) is 9.00 Å². The van der Waals surface area contributed by atoms with E-state index in [9.17, 15) is 9.00 Å². The van der Waals surface area contributed by atoms with Gasteiger partial charge in [-0.05, 0) is 48.0 Å². The summed E-state index contributed by atoms with van der Waals surface area (Å²) >= 11 is 9.36. The number of halogens is 2. The highest BCUT2D eigenvalue weighted by Crippen LogP contribution is 2.23. The smallest absolute Gasteiger partial charge is 0.287 e. The van der Waals surface area contributed by atoms with Crippen LogP contribution in [0.4, 0.5) is 0 Å². The second-order valence-electron chi connectivity index (χ2n) is 6.26. The molecule has 8 heteroatoms. The number of hydrogen-bond donors (Lipinski definition) is 1. The third-order valence-electron chi connectivity index (χ3n) is 4.09. The fourth-order valence-corrected chi connectivity index (χ4v) is 4.50. The number of ether oxygens (including phenoxy) is 1. The van der Waals surface area contributed by atoms with Gasteiger partial charge in [0, 0.05) is 38.2 Å². The zero-order valence-electron chi connectivity index (χ0n) is 15.6. The molecule has 0 radical (unpaired) electrons. The highest BCUT2D eigenvalue weighted by atomic mass is 79.9. The van der Waals surface area contributed by atoms with E-state index in [4.69, 9.17) is 20.8 Å². The number of hydrogen-bond acceptors (Lipinski definition) is 4. The molecular formula is C21H19BrClNO4S. The average Bonchev–Trinajstić information content (AvgIpc) is 3.14. The van der Waals surface area contributed by atoms with Crippen LogP contribution >= 0.6 is 27.5 Å². The lowest BCUT2D eigenvalue weighted by molar-refractivity contribution is 0.0921. The van der Waals surface area contributed by atoms with Gasteiger partial charge in [-0.1, -0.05) is 39.7 Å². The minimum absolute atomic E-state index is 0.175. The fourth-order valence-electron chi connectivity index (χ4n) is 2.75. The molecule has 152 valence electrons. The summed E-state index contributed by atoms with van der Waals surface area (Å²) in [6, 6.07) is 16.1. The first kappa shape index (κ1) is 21.6. The SMILES string of the molecule is COc1ccc(Br)cc1CNC(=O)c1ccc(C[S@@](=O)Cc2cccc(Cl)c2)o1. The molecule has 0 spiro atoms. The second kappa shape index (κ2) is 10.1. The Hall–Kier alpha value is -2.09. The summed E-state index contributed by atoms with van der Waals surface area (Å²) in [7, 11) is 0.404. The number of methoxy groups -OCH3 is 1. The molecule has 0 saturated carbocycles. The van der Waals surface area contributed by atoms with Crippen LogP contribution in [0.5, 0.6) is 5.75 Å². The van der Waals surface area contributed by atoms with Crippen LogP contribution in [0, 0.1) is 0 Å². The lowest BCUT2D eigenvalue weighted by atomic mass is 10.2. The van der Waals surface area contributed by atoms with Crippen molar-refractivity contribution in [3.05, 3.63) is 86.7 Å². The summed E-state index contributed by atoms with van der Waals surface area (Å²) in [5, 5.41) is 3.42. The van der Waals surface area contributed by atoms with E-state index in [1.807, 2.05) is 30.3 Å². The van der Waals surface area contributed by atoms with E-state index in [1.165, 1.54) is 0 Å². The maximum atomic E-state index is 12.4. The molecule has 29 heavy (non-hydrogen) atoms. The van der Waals surface area contributed by atoms with Crippen molar-refractivity contribution in [3.8, 4) is 5.75 Å². The van der Waals surface area contributed by atoms with Crippen LogP contribution in [-0.4, -0.2) is 17.2 Å². The number of rotatable bonds is 8. The van der Waals surface area contributed by atoms with Crippen LogP contribution in [0.2, 0.25) is 5.02 Å². The molecule has 1 N–H and O–H groups in total. The monoisotopic (exact) mass is 495 g/mol. The van der Waals surface area contributed by atoms with Crippen molar-refractivity contribution in [2.24, 2.45) is 0 Å². The van der Waals surface area contributed by atoms with Gasteiger partial charge in [0.25, 0.3) is 5.91 Å². The molecule has 5 nitrogen and oxygen atoms in total. The van der Waals surface area contributed by atoms with Gasteiger partial charge >= 0.3 is 0 Å². The van der Waals surface area contributed by atoms with Gasteiger partial charge in [-0.15, -0.1) is 0 Å². The Morgan fingerprint density at radius 3 is 2.76 bits per heavy atom. The Morgan fingerprint density at radius 2 is 2.00 bits per heavy atom. The summed E-state index contributed by atoms with van der Waals surface area (Å²) in [6.45, 7) is 0.290. The first-order chi connectivity index (χ1) is 13.9. The van der Waals surface area contributed by atoms with Gasteiger partial charge in [0.15, 0.2) is 5.76 Å². The molecule has 0 aliphatic carbocycles. The number of carbonyl (C=O) groups is 1. The van der Waals surface area contributed by atoms with E-state index in [1.54, 1.807) is 31.4 Å². The number of carbonyl (C=O) groups excluding carboxylic acids is 1. The number of nitrogens with one attached hydrogen (secondary N) is 1. The van der Waals surface area contributed by atoms with Gasteiger partial charge in [0.05, 0.1) is 12.9 Å². The number of benzene rings is 2. The maximum absolute atomic E-state index is 12.4. The number of amides is 1. The van der Waals surface area contributed by atoms with Crippen LogP contribution < -0.4 is 10.1 Å². The van der Waals surface area contributed by atoms with E-state index in [0.717, 1.165) is 15.6 Å². The lowest BCUT2D eigenvalue weighted by Gasteiger charge is -2.09. The van der Waals surface area contributed by atoms with Crippen molar-refractivity contribution >= 4 is 44.2 Å². The van der Waals surface area contributed by atoms with Crippen molar-refractivity contribution in [2.45, 2.75) is 18.1 Å². The van der Waals surface area contributed by atoms with E-state index in [2.05, 4.69) is 21.2 Å². The highest BCUT2D eigenvalue weighted by molar-refractivity contribution is 9.10. The minimum atomic E-state index is -1.18. The lowest BCUT2D eigenvalue weighted by Crippen LogP contribution is -2.22. The Labute approximate surface area is 185 Å².